The minimum atomic E-state index is -0.450. The fourth-order valence-electron chi connectivity index (χ4n) is 1.73. The van der Waals surface area contributed by atoms with E-state index in [9.17, 15) is 4.39 Å². The van der Waals surface area contributed by atoms with Crippen molar-refractivity contribution in [3.8, 4) is 5.75 Å². The highest BCUT2D eigenvalue weighted by Crippen LogP contribution is 2.21. The minimum Gasteiger partial charge on any atom is -0.489 e. The summed E-state index contributed by atoms with van der Waals surface area (Å²) in [7, 11) is 0. The highest BCUT2D eigenvalue weighted by Gasteiger charge is 2.09. The first-order chi connectivity index (χ1) is 8.56. The third kappa shape index (κ3) is 4.83. The molecule has 0 aromatic heterocycles. The SMILES string of the molecule is CCC(CC)NCC(C)Oc1ccc(Cl)c(F)c1. The Kier molecular flexibility index (Phi) is 6.44. The first kappa shape index (κ1) is 15.3. The average molecular weight is 274 g/mol. The molecule has 0 radical (unpaired) electrons. The van der Waals surface area contributed by atoms with Crippen LogP contribution < -0.4 is 10.1 Å². The Bertz CT molecular complexity index is 369. The molecule has 1 aromatic carbocycles. The molecule has 1 atom stereocenters. The van der Waals surface area contributed by atoms with Gasteiger partial charge in [-0.2, -0.15) is 0 Å². The lowest BCUT2D eigenvalue weighted by Gasteiger charge is -2.20. The van der Waals surface area contributed by atoms with Crippen LogP contribution in [0, 0.1) is 5.82 Å². The fraction of sp³-hybridized carbons (Fsp3) is 0.571. The monoisotopic (exact) mass is 273 g/mol. The lowest BCUT2D eigenvalue weighted by Crippen LogP contribution is -2.36. The van der Waals surface area contributed by atoms with Gasteiger partial charge in [-0.3, -0.25) is 0 Å². The van der Waals surface area contributed by atoms with Gasteiger partial charge in [-0.15, -0.1) is 0 Å². The van der Waals surface area contributed by atoms with Crippen molar-refractivity contribution in [3.05, 3.63) is 29.0 Å². The molecule has 0 aliphatic carbocycles. The summed E-state index contributed by atoms with van der Waals surface area (Å²) in [5, 5.41) is 3.54. The number of hydrogen-bond donors (Lipinski definition) is 1. The van der Waals surface area contributed by atoms with Crippen LogP contribution >= 0.6 is 11.6 Å². The third-order valence-corrected chi connectivity index (χ3v) is 3.21. The summed E-state index contributed by atoms with van der Waals surface area (Å²) >= 11 is 5.61. The van der Waals surface area contributed by atoms with E-state index in [0.717, 1.165) is 19.4 Å². The molecule has 0 spiro atoms. The summed E-state index contributed by atoms with van der Waals surface area (Å²) in [6.45, 7) is 7.01. The molecule has 102 valence electrons. The van der Waals surface area contributed by atoms with Crippen LogP contribution in [0.3, 0.4) is 0 Å². The molecule has 1 N–H and O–H groups in total. The van der Waals surface area contributed by atoms with Crippen molar-refractivity contribution >= 4 is 11.6 Å². The van der Waals surface area contributed by atoms with Crippen molar-refractivity contribution in [1.82, 2.24) is 5.32 Å². The highest BCUT2D eigenvalue weighted by atomic mass is 35.5. The molecule has 4 heteroatoms. The summed E-state index contributed by atoms with van der Waals surface area (Å²) in [6.07, 6.45) is 2.18. The topological polar surface area (TPSA) is 21.3 Å². The van der Waals surface area contributed by atoms with Crippen molar-refractivity contribution in [1.29, 1.82) is 0 Å². The maximum Gasteiger partial charge on any atom is 0.145 e. The molecular formula is C14H21ClFNO. The van der Waals surface area contributed by atoms with Gasteiger partial charge in [0.1, 0.15) is 17.7 Å². The zero-order valence-corrected chi connectivity index (χ0v) is 11.9. The highest BCUT2D eigenvalue weighted by molar-refractivity contribution is 6.30. The lowest BCUT2D eigenvalue weighted by atomic mass is 10.1. The Labute approximate surface area is 113 Å². The number of hydrogen-bond acceptors (Lipinski definition) is 2. The van der Waals surface area contributed by atoms with Gasteiger partial charge in [-0.05, 0) is 31.9 Å². The molecule has 1 aromatic rings. The van der Waals surface area contributed by atoms with Crippen LogP contribution in [0.25, 0.3) is 0 Å². The summed E-state index contributed by atoms with van der Waals surface area (Å²) in [6, 6.07) is 5.01. The fourth-order valence-corrected chi connectivity index (χ4v) is 1.85. The molecule has 1 unspecified atom stereocenters. The van der Waals surface area contributed by atoms with Crippen LogP contribution in [-0.4, -0.2) is 18.7 Å². The number of nitrogens with one attached hydrogen (secondary N) is 1. The summed E-state index contributed by atoms with van der Waals surface area (Å²) in [5.74, 6) is 0.0602. The van der Waals surface area contributed by atoms with E-state index in [2.05, 4.69) is 19.2 Å². The van der Waals surface area contributed by atoms with E-state index in [4.69, 9.17) is 16.3 Å². The molecule has 18 heavy (non-hydrogen) atoms. The second-order valence-corrected chi connectivity index (χ2v) is 4.83. The van der Waals surface area contributed by atoms with Crippen LogP contribution in [0.5, 0.6) is 5.75 Å². The quantitative estimate of drug-likeness (QED) is 0.810. The zero-order chi connectivity index (χ0) is 13.5. The number of halogens is 2. The van der Waals surface area contributed by atoms with E-state index in [1.165, 1.54) is 12.1 Å². The van der Waals surface area contributed by atoms with E-state index in [1.807, 2.05) is 6.92 Å². The van der Waals surface area contributed by atoms with E-state index in [1.54, 1.807) is 6.07 Å². The molecule has 0 aliphatic heterocycles. The Hall–Kier alpha value is -0.800. The minimum absolute atomic E-state index is 0.00817. The van der Waals surface area contributed by atoms with Gasteiger partial charge in [-0.25, -0.2) is 4.39 Å². The van der Waals surface area contributed by atoms with Gasteiger partial charge in [0, 0.05) is 18.7 Å². The first-order valence-electron chi connectivity index (χ1n) is 6.41. The zero-order valence-electron chi connectivity index (χ0n) is 11.2. The number of benzene rings is 1. The molecule has 0 bridgehead atoms. The average Bonchev–Trinajstić information content (AvgIpc) is 2.35. The molecule has 0 aliphatic rings. The molecule has 0 saturated carbocycles. The predicted octanol–water partition coefficient (Wildman–Crippen LogP) is 4.02. The Morgan fingerprint density at radius 2 is 2.00 bits per heavy atom. The molecule has 0 heterocycles. The molecule has 0 amide bonds. The van der Waals surface area contributed by atoms with E-state index >= 15 is 0 Å². The van der Waals surface area contributed by atoms with Crippen LogP contribution in [0.2, 0.25) is 5.02 Å². The lowest BCUT2D eigenvalue weighted by molar-refractivity contribution is 0.209. The van der Waals surface area contributed by atoms with Crippen LogP contribution in [0.4, 0.5) is 4.39 Å². The van der Waals surface area contributed by atoms with Crippen molar-refractivity contribution in [2.24, 2.45) is 0 Å². The Balaban J connectivity index is 2.44. The second kappa shape index (κ2) is 7.59. The Morgan fingerprint density at radius 3 is 2.56 bits per heavy atom. The number of rotatable bonds is 7. The second-order valence-electron chi connectivity index (χ2n) is 4.43. The molecular weight excluding hydrogens is 253 g/mol. The normalized spacial score (nSPS) is 12.8. The van der Waals surface area contributed by atoms with Crippen LogP contribution in [0.1, 0.15) is 33.6 Å². The number of ether oxygens (including phenoxy) is 1. The summed E-state index contributed by atoms with van der Waals surface area (Å²) in [5.41, 5.74) is 0. The molecule has 0 saturated heterocycles. The molecule has 1 rings (SSSR count). The largest absolute Gasteiger partial charge is 0.489 e. The van der Waals surface area contributed by atoms with Crippen molar-refractivity contribution in [2.75, 3.05) is 6.54 Å². The van der Waals surface area contributed by atoms with Gasteiger partial charge in [0.05, 0.1) is 5.02 Å². The van der Waals surface area contributed by atoms with Crippen molar-refractivity contribution in [2.45, 2.75) is 45.8 Å². The standard InChI is InChI=1S/C14H21ClFNO/c1-4-11(5-2)17-9-10(3)18-12-6-7-13(15)14(16)8-12/h6-8,10-11,17H,4-5,9H2,1-3H3. The van der Waals surface area contributed by atoms with Gasteiger partial charge < -0.3 is 10.1 Å². The maximum absolute atomic E-state index is 13.2. The maximum atomic E-state index is 13.2. The van der Waals surface area contributed by atoms with Gasteiger partial charge in [0.15, 0.2) is 0 Å². The first-order valence-corrected chi connectivity index (χ1v) is 6.79. The summed E-state index contributed by atoms with van der Waals surface area (Å²) < 4.78 is 18.9. The van der Waals surface area contributed by atoms with Gasteiger partial charge >= 0.3 is 0 Å². The van der Waals surface area contributed by atoms with Gasteiger partial charge in [0.25, 0.3) is 0 Å². The summed E-state index contributed by atoms with van der Waals surface area (Å²) in [4.78, 5) is 0. The van der Waals surface area contributed by atoms with E-state index in [0.29, 0.717) is 11.8 Å². The van der Waals surface area contributed by atoms with E-state index in [-0.39, 0.29) is 11.1 Å². The van der Waals surface area contributed by atoms with Crippen LogP contribution in [-0.2, 0) is 0 Å². The van der Waals surface area contributed by atoms with Gasteiger partial charge in [-0.1, -0.05) is 25.4 Å². The predicted molar refractivity (Wildman–Crippen MR) is 73.9 cm³/mol. The van der Waals surface area contributed by atoms with Crippen molar-refractivity contribution < 1.29 is 9.13 Å². The molecule has 0 fully saturated rings. The van der Waals surface area contributed by atoms with E-state index < -0.39 is 5.82 Å². The van der Waals surface area contributed by atoms with Crippen molar-refractivity contribution in [3.63, 3.8) is 0 Å². The smallest absolute Gasteiger partial charge is 0.145 e. The molecule has 2 nitrogen and oxygen atoms in total. The van der Waals surface area contributed by atoms with Crippen LogP contribution in [0.15, 0.2) is 18.2 Å². The van der Waals surface area contributed by atoms with Gasteiger partial charge in [0.2, 0.25) is 0 Å². The third-order valence-electron chi connectivity index (χ3n) is 2.91. The Morgan fingerprint density at radius 1 is 1.33 bits per heavy atom.